The van der Waals surface area contributed by atoms with E-state index in [2.05, 4.69) is 57.0 Å². The van der Waals surface area contributed by atoms with Gasteiger partial charge in [-0.05, 0) is 44.4 Å². The molecule has 0 spiro atoms. The monoisotopic (exact) mass is 323 g/mol. The molecule has 0 saturated carbocycles. The Hall–Kier alpha value is -0.680. The average Bonchev–Trinajstić information content (AvgIpc) is 2.93. The van der Waals surface area contributed by atoms with E-state index < -0.39 is 0 Å². The van der Waals surface area contributed by atoms with E-state index in [1.54, 1.807) is 22.7 Å². The second kappa shape index (κ2) is 4.53. The summed E-state index contributed by atoms with van der Waals surface area (Å²) in [5.74, 6) is 0. The van der Waals surface area contributed by atoms with Gasteiger partial charge in [0.15, 0.2) is 0 Å². The second-order valence-corrected chi connectivity index (χ2v) is 6.55. The molecular formula is C13H10BrNS2. The molecule has 0 amide bonds. The molecule has 2 aromatic heterocycles. The SMILES string of the molecule is NC(c1cc2ccccc2s1)c1cscc1Br. The molecule has 0 aliphatic rings. The maximum Gasteiger partial charge on any atom is 0.0665 e. The number of nitrogens with two attached hydrogens (primary N) is 1. The highest BCUT2D eigenvalue weighted by molar-refractivity contribution is 9.10. The molecule has 1 unspecified atom stereocenters. The van der Waals surface area contributed by atoms with Gasteiger partial charge in [0.25, 0.3) is 0 Å². The van der Waals surface area contributed by atoms with Crippen molar-refractivity contribution < 1.29 is 0 Å². The summed E-state index contributed by atoms with van der Waals surface area (Å²) in [5, 5.41) is 5.45. The molecule has 4 heteroatoms. The van der Waals surface area contributed by atoms with Gasteiger partial charge in [0.05, 0.1) is 6.04 Å². The first-order valence-corrected chi connectivity index (χ1v) is 7.76. The van der Waals surface area contributed by atoms with Crippen LogP contribution in [0.2, 0.25) is 0 Å². The summed E-state index contributed by atoms with van der Waals surface area (Å²) in [6.45, 7) is 0. The minimum absolute atomic E-state index is 0.0342. The van der Waals surface area contributed by atoms with Crippen LogP contribution < -0.4 is 5.73 Å². The Kier molecular flexibility index (Phi) is 3.04. The van der Waals surface area contributed by atoms with Gasteiger partial charge in [0, 0.05) is 19.4 Å². The Morgan fingerprint density at radius 1 is 1.18 bits per heavy atom. The van der Waals surface area contributed by atoms with Crippen LogP contribution in [0.25, 0.3) is 10.1 Å². The van der Waals surface area contributed by atoms with Crippen molar-refractivity contribution in [3.8, 4) is 0 Å². The average molecular weight is 324 g/mol. The van der Waals surface area contributed by atoms with Crippen LogP contribution in [0.15, 0.2) is 45.6 Å². The molecule has 3 aromatic rings. The molecule has 0 radical (unpaired) electrons. The summed E-state index contributed by atoms with van der Waals surface area (Å²) in [5.41, 5.74) is 7.48. The minimum atomic E-state index is -0.0342. The highest BCUT2D eigenvalue weighted by atomic mass is 79.9. The fourth-order valence-electron chi connectivity index (χ4n) is 1.82. The van der Waals surface area contributed by atoms with Crippen LogP contribution in [0.1, 0.15) is 16.5 Å². The summed E-state index contributed by atoms with van der Waals surface area (Å²) in [6, 6.07) is 10.5. The molecule has 1 atom stereocenters. The predicted molar refractivity (Wildman–Crippen MR) is 79.9 cm³/mol. The Morgan fingerprint density at radius 3 is 2.71 bits per heavy atom. The first-order valence-electron chi connectivity index (χ1n) is 5.21. The van der Waals surface area contributed by atoms with Crippen LogP contribution in [0, 0.1) is 0 Å². The van der Waals surface area contributed by atoms with Gasteiger partial charge in [0.2, 0.25) is 0 Å². The van der Waals surface area contributed by atoms with Crippen molar-refractivity contribution in [2.24, 2.45) is 5.73 Å². The van der Waals surface area contributed by atoms with Crippen molar-refractivity contribution >= 4 is 48.7 Å². The number of hydrogen-bond acceptors (Lipinski definition) is 3. The third kappa shape index (κ3) is 2.06. The van der Waals surface area contributed by atoms with Gasteiger partial charge in [-0.15, -0.1) is 11.3 Å². The van der Waals surface area contributed by atoms with E-state index in [9.17, 15) is 0 Å². The quantitative estimate of drug-likeness (QED) is 0.722. The number of thiophene rings is 2. The standard InChI is InChI=1S/C13H10BrNS2/c14-10-7-16-6-9(10)13(15)12-5-8-3-1-2-4-11(8)17-12/h1-7,13H,15H2. The second-order valence-electron chi connectivity index (χ2n) is 3.84. The first kappa shape index (κ1) is 11.4. The molecule has 1 nitrogen and oxygen atoms in total. The Balaban J connectivity index is 2.07. The van der Waals surface area contributed by atoms with Crippen LogP contribution in [0.4, 0.5) is 0 Å². The van der Waals surface area contributed by atoms with Gasteiger partial charge in [0.1, 0.15) is 0 Å². The minimum Gasteiger partial charge on any atom is -0.320 e. The molecule has 2 N–H and O–H groups in total. The third-order valence-electron chi connectivity index (χ3n) is 2.73. The molecule has 0 saturated heterocycles. The van der Waals surface area contributed by atoms with Gasteiger partial charge in [-0.25, -0.2) is 0 Å². The zero-order chi connectivity index (χ0) is 11.8. The van der Waals surface area contributed by atoms with Crippen molar-refractivity contribution in [3.63, 3.8) is 0 Å². The van der Waals surface area contributed by atoms with Gasteiger partial charge in [-0.3, -0.25) is 0 Å². The topological polar surface area (TPSA) is 26.0 Å². The predicted octanol–water partition coefficient (Wildman–Crippen LogP) is 4.77. The van der Waals surface area contributed by atoms with Crippen molar-refractivity contribution in [1.29, 1.82) is 0 Å². The summed E-state index contributed by atoms with van der Waals surface area (Å²) in [6.07, 6.45) is 0. The highest BCUT2D eigenvalue weighted by Gasteiger charge is 2.15. The smallest absolute Gasteiger partial charge is 0.0665 e. The molecular weight excluding hydrogens is 314 g/mol. The van der Waals surface area contributed by atoms with Crippen molar-refractivity contribution in [2.45, 2.75) is 6.04 Å². The zero-order valence-electron chi connectivity index (χ0n) is 8.89. The van der Waals surface area contributed by atoms with Crippen LogP contribution in [0.3, 0.4) is 0 Å². The first-order chi connectivity index (χ1) is 8.25. The number of halogens is 1. The fraction of sp³-hybridized carbons (Fsp3) is 0.0769. The number of hydrogen-bond donors (Lipinski definition) is 1. The van der Waals surface area contributed by atoms with Crippen LogP contribution in [0.5, 0.6) is 0 Å². The van der Waals surface area contributed by atoms with Crippen molar-refractivity contribution in [3.05, 3.63) is 56.0 Å². The largest absolute Gasteiger partial charge is 0.320 e. The maximum atomic E-state index is 6.31. The van der Waals surface area contributed by atoms with Crippen LogP contribution in [-0.4, -0.2) is 0 Å². The molecule has 1 aromatic carbocycles. The van der Waals surface area contributed by atoms with E-state index in [0.29, 0.717) is 0 Å². The Labute approximate surface area is 116 Å². The molecule has 3 rings (SSSR count). The maximum absolute atomic E-state index is 6.31. The molecule has 0 aliphatic heterocycles. The lowest BCUT2D eigenvalue weighted by atomic mass is 10.1. The fourth-order valence-corrected chi connectivity index (χ4v) is 4.49. The summed E-state index contributed by atoms with van der Waals surface area (Å²) in [4.78, 5) is 1.21. The molecule has 0 fully saturated rings. The van der Waals surface area contributed by atoms with Gasteiger partial charge in [-0.1, -0.05) is 18.2 Å². The molecule has 0 aliphatic carbocycles. The lowest BCUT2D eigenvalue weighted by Crippen LogP contribution is -2.09. The van der Waals surface area contributed by atoms with E-state index >= 15 is 0 Å². The lowest BCUT2D eigenvalue weighted by Gasteiger charge is -2.07. The van der Waals surface area contributed by atoms with Gasteiger partial charge >= 0.3 is 0 Å². The molecule has 0 bridgehead atoms. The summed E-state index contributed by atoms with van der Waals surface area (Å²) in [7, 11) is 0. The normalized spacial score (nSPS) is 13.1. The summed E-state index contributed by atoms with van der Waals surface area (Å²) >= 11 is 6.99. The lowest BCUT2D eigenvalue weighted by molar-refractivity contribution is 0.895. The Bertz CT molecular complexity index is 623. The molecule has 86 valence electrons. The van der Waals surface area contributed by atoms with E-state index in [4.69, 9.17) is 5.73 Å². The third-order valence-corrected chi connectivity index (χ3v) is 5.68. The van der Waals surface area contributed by atoms with E-state index in [-0.39, 0.29) is 6.04 Å². The van der Waals surface area contributed by atoms with Crippen molar-refractivity contribution in [1.82, 2.24) is 0 Å². The Morgan fingerprint density at radius 2 is 2.00 bits per heavy atom. The van der Waals surface area contributed by atoms with Crippen molar-refractivity contribution in [2.75, 3.05) is 0 Å². The van der Waals surface area contributed by atoms with E-state index in [1.165, 1.54) is 20.5 Å². The number of fused-ring (bicyclic) bond motifs is 1. The molecule has 17 heavy (non-hydrogen) atoms. The van der Waals surface area contributed by atoms with E-state index in [1.807, 2.05) is 0 Å². The van der Waals surface area contributed by atoms with Gasteiger partial charge < -0.3 is 5.73 Å². The summed E-state index contributed by atoms with van der Waals surface area (Å²) < 4.78 is 2.40. The van der Waals surface area contributed by atoms with Crippen LogP contribution >= 0.6 is 38.6 Å². The zero-order valence-corrected chi connectivity index (χ0v) is 12.1. The number of benzene rings is 1. The van der Waals surface area contributed by atoms with Crippen LogP contribution in [-0.2, 0) is 0 Å². The highest BCUT2D eigenvalue weighted by Crippen LogP contribution is 2.35. The number of rotatable bonds is 2. The molecule has 2 heterocycles. The van der Waals surface area contributed by atoms with Gasteiger partial charge in [-0.2, -0.15) is 11.3 Å². The van der Waals surface area contributed by atoms with E-state index in [0.717, 1.165) is 4.47 Å².